The van der Waals surface area contributed by atoms with Crippen LogP contribution in [-0.4, -0.2) is 204 Å². The number of hydrogen-bond acceptors (Lipinski definition) is 35. The molecule has 6 aromatic heterocycles. The van der Waals surface area contributed by atoms with Gasteiger partial charge in [0.15, 0.2) is 30.9 Å². The smallest absolute Gasteiger partial charge is 0.228 e. The summed E-state index contributed by atoms with van der Waals surface area (Å²) in [5.74, 6) is 11.0. The Morgan fingerprint density at radius 3 is 0.688 bits per heavy atom. The van der Waals surface area contributed by atoms with Crippen LogP contribution in [0.1, 0.15) is 157 Å². The van der Waals surface area contributed by atoms with Crippen LogP contribution >= 0.6 is 70.6 Å². The second-order valence-electron chi connectivity index (χ2n) is 21.7. The van der Waals surface area contributed by atoms with Crippen LogP contribution < -0.4 is 64.1 Å². The molecule has 6 aromatic rings. The first-order chi connectivity index (χ1) is 47.2. The van der Waals surface area contributed by atoms with Crippen LogP contribution in [0, 0.1) is 0 Å². The summed E-state index contributed by atoms with van der Waals surface area (Å²) in [5.41, 5.74) is 0.529. The Bertz CT molecular complexity index is 3160. The average Bonchev–Trinajstić information content (AvgIpc) is 3.33. The maximum atomic E-state index is 4.80. The minimum absolute atomic E-state index is 0.464. The van der Waals surface area contributed by atoms with Crippen molar-refractivity contribution in [1.82, 2.24) is 89.7 Å². The Morgan fingerprint density at radius 2 is 0.469 bits per heavy atom. The molecule has 96 heavy (non-hydrogen) atoms. The van der Waals surface area contributed by atoms with E-state index in [1.807, 2.05) is 7.05 Å². The van der Waals surface area contributed by atoms with Crippen molar-refractivity contribution in [1.29, 1.82) is 0 Å². The van der Waals surface area contributed by atoms with E-state index < -0.39 is 0 Å². The minimum atomic E-state index is 0.464. The van der Waals surface area contributed by atoms with Gasteiger partial charge in [0.05, 0.1) is 0 Å². The highest BCUT2D eigenvalue weighted by molar-refractivity contribution is 8.00. The highest BCUT2D eigenvalue weighted by Crippen LogP contribution is 2.24. The largest absolute Gasteiger partial charge is 0.357 e. The third-order valence-electron chi connectivity index (χ3n) is 13.5. The first kappa shape index (κ1) is 78.8. The zero-order chi connectivity index (χ0) is 67.9. The molecule has 0 unspecified atom stereocenters. The van der Waals surface area contributed by atoms with Crippen LogP contribution in [0.5, 0.6) is 0 Å². The maximum Gasteiger partial charge on any atom is 0.228 e. The van der Waals surface area contributed by atoms with Crippen LogP contribution in [0.2, 0.25) is 0 Å². The number of aromatic nitrogens is 18. The highest BCUT2D eigenvalue weighted by atomic mass is 32.2. The van der Waals surface area contributed by atoms with E-state index in [2.05, 4.69) is 135 Å². The first-order valence-corrected chi connectivity index (χ1v) is 40.2. The topological polar surface area (TPSA) is 380 Å². The quantitative estimate of drug-likeness (QED) is 0.0125. The van der Waals surface area contributed by atoms with E-state index in [1.54, 1.807) is 77.6 Å². The zero-order valence-electron chi connectivity index (χ0n) is 57.5. The molecule has 6 rings (SSSR count). The molecule has 6 heterocycles. The zero-order valence-corrected chi connectivity index (χ0v) is 62.4. The summed E-state index contributed by atoms with van der Waals surface area (Å²) in [6, 6.07) is 0. The predicted octanol–water partition coefficient (Wildman–Crippen LogP) is 11.6. The number of rotatable bonds is 56. The molecule has 0 bridgehead atoms. The molecule has 12 N–H and O–H groups in total. The molecule has 530 valence electrons. The van der Waals surface area contributed by atoms with Gasteiger partial charge >= 0.3 is 0 Å². The number of hydrogen-bond donors (Lipinski definition) is 12. The lowest BCUT2D eigenvalue weighted by atomic mass is 10.3. The molecule has 0 fully saturated rings. The van der Waals surface area contributed by atoms with Crippen LogP contribution in [0.15, 0.2) is 35.9 Å². The molecule has 0 amide bonds. The summed E-state index contributed by atoms with van der Waals surface area (Å²) in [6.45, 7) is 18.3. The molecule has 30 nitrogen and oxygen atoms in total. The lowest BCUT2D eigenvalue weighted by molar-refractivity contribution is 0.774. The van der Waals surface area contributed by atoms with Crippen molar-refractivity contribution < 1.29 is 0 Å². The number of H-pyrrole nitrogens is 1. The minimum Gasteiger partial charge on any atom is -0.357 e. The third-order valence-corrected chi connectivity index (χ3v) is 19.1. The average molecular weight is 1440 g/mol. The fourth-order valence-electron chi connectivity index (χ4n) is 8.40. The Balaban J connectivity index is 1.03. The van der Waals surface area contributed by atoms with Crippen molar-refractivity contribution in [2.24, 2.45) is 4.99 Å². The lowest BCUT2D eigenvalue weighted by Crippen LogP contribution is -2.22. The van der Waals surface area contributed by atoms with Gasteiger partial charge in [-0.15, -0.1) is 0 Å². The molecular weight excluding hydrogens is 1330 g/mol. The van der Waals surface area contributed by atoms with Crippen molar-refractivity contribution in [3.05, 3.63) is 5.62 Å². The first-order valence-electron chi connectivity index (χ1n) is 34.3. The van der Waals surface area contributed by atoms with Gasteiger partial charge in [0.25, 0.3) is 0 Å². The van der Waals surface area contributed by atoms with Crippen LogP contribution in [0.3, 0.4) is 0 Å². The van der Waals surface area contributed by atoms with Crippen molar-refractivity contribution >= 4 is 136 Å². The van der Waals surface area contributed by atoms with E-state index in [0.29, 0.717) is 167 Å². The van der Waals surface area contributed by atoms with Crippen LogP contribution in [0.4, 0.5) is 65.4 Å². The number of nitrogens with one attached hydrogen (secondary N) is 12. The summed E-state index contributed by atoms with van der Waals surface area (Å²) < 4.78 is 0. The Hall–Kier alpha value is -6.24. The van der Waals surface area contributed by atoms with Gasteiger partial charge in [-0.2, -0.15) is 84.7 Å². The molecule has 0 spiro atoms. The number of thioether (sulfide) groups is 6. The van der Waals surface area contributed by atoms with Crippen molar-refractivity contribution in [3.63, 3.8) is 0 Å². The van der Waals surface area contributed by atoms with Gasteiger partial charge in [-0.05, 0) is 38.5 Å². The van der Waals surface area contributed by atoms with Gasteiger partial charge in [0.2, 0.25) is 71.0 Å². The summed E-state index contributed by atoms with van der Waals surface area (Å²) >= 11 is 9.81. The van der Waals surface area contributed by atoms with Gasteiger partial charge in [-0.3, -0.25) is 9.98 Å². The van der Waals surface area contributed by atoms with E-state index in [-0.39, 0.29) is 0 Å². The summed E-state index contributed by atoms with van der Waals surface area (Å²) in [7, 11) is 3.53. The fraction of sp³-hybridized carbons (Fsp3) is 0.700. The summed E-state index contributed by atoms with van der Waals surface area (Å²) in [6.07, 6.45) is 20.4. The van der Waals surface area contributed by atoms with Gasteiger partial charge in [0.1, 0.15) is 0 Å². The highest BCUT2D eigenvalue weighted by Gasteiger charge is 2.15. The van der Waals surface area contributed by atoms with Crippen molar-refractivity contribution in [3.8, 4) is 0 Å². The molecule has 0 atom stereocenters. The van der Waals surface area contributed by atoms with Crippen LogP contribution in [-0.2, 0) is 0 Å². The van der Waals surface area contributed by atoms with E-state index in [4.69, 9.17) is 59.8 Å². The standard InChI is InChI=1S/C60H104N30S6/c1-9-15-21-37-91-55-79-43(61-7)73-45(81-55)63-27-29-65-47-75-49(85-57(83-47)93-39-23-17-11-3)67-31-33-69-51-77-53(89-59(87-51)95-41-25-19-13-5)71-35-36-72-54-78-52(88-60(90-54)96-42-26-20-14-6)70-34-32-68-50-76-48(84-58(86-50)94-40-24-18-12-4)66-30-28-64-46-74-44(62-8)80-56(82-46)92-38-22-16-10-2/h9-42H2,1-8H3,(H2,61,63,73,79,81)(H2,62,64,74,80,82)(H2,65,67,75,83,85)(H2,66,68,76,84,86)(H2,69,71,77,87,89)(H2,70,72,78,88,90). The number of unbranched alkanes of at least 4 members (excludes halogenated alkanes) is 12. The molecule has 0 aliphatic carbocycles. The summed E-state index contributed by atoms with van der Waals surface area (Å²) in [5, 5.41) is 40.9. The van der Waals surface area contributed by atoms with Gasteiger partial charge < -0.3 is 58.5 Å². The second kappa shape index (κ2) is 49.3. The SMILES string of the molecule is CCCCCSc1nc(NC)nc(NCCNc2nc(NCCNc3nc(NCCNc4nc(NCCNc5nc(NCCNc6nc(SCCCCC)nc(=NC)[nH]6)nc(SCCCCC)n5)nc(SCCCCC)n4)nc(SCCCCC)n3)nc(SCCCCC)n2)n1. The normalized spacial score (nSPS) is 11.4. The van der Waals surface area contributed by atoms with Crippen LogP contribution in [0.25, 0.3) is 0 Å². The number of anilines is 11. The monoisotopic (exact) mass is 1440 g/mol. The van der Waals surface area contributed by atoms with E-state index in [1.165, 1.54) is 25.7 Å². The molecule has 0 aromatic carbocycles. The van der Waals surface area contributed by atoms with Crippen molar-refractivity contribution in [2.75, 3.05) is 173 Å². The van der Waals surface area contributed by atoms with Crippen molar-refractivity contribution in [2.45, 2.75) is 188 Å². The lowest BCUT2D eigenvalue weighted by Gasteiger charge is -2.13. The Labute approximate surface area is 593 Å². The molecule has 0 radical (unpaired) electrons. The van der Waals surface area contributed by atoms with E-state index in [9.17, 15) is 0 Å². The number of nitrogens with zero attached hydrogens (tertiary/aromatic N) is 18. The third kappa shape index (κ3) is 33.3. The molecule has 0 aliphatic rings. The fourth-order valence-corrected chi connectivity index (χ4v) is 13.4. The maximum absolute atomic E-state index is 4.80. The van der Waals surface area contributed by atoms with E-state index in [0.717, 1.165) is 124 Å². The predicted molar refractivity (Wildman–Crippen MR) is 403 cm³/mol. The van der Waals surface area contributed by atoms with Gasteiger partial charge in [-0.1, -0.05) is 189 Å². The molecular formula is C60H104N30S6. The second-order valence-corrected chi connectivity index (χ2v) is 28.1. The Morgan fingerprint density at radius 1 is 0.260 bits per heavy atom. The van der Waals surface area contributed by atoms with Gasteiger partial charge in [0, 0.05) is 114 Å². The molecule has 0 aliphatic heterocycles. The number of aromatic amines is 1. The molecule has 0 saturated carbocycles. The van der Waals surface area contributed by atoms with E-state index >= 15 is 0 Å². The molecule has 36 heteroatoms. The van der Waals surface area contributed by atoms with Gasteiger partial charge in [-0.25, -0.2) is 0 Å². The summed E-state index contributed by atoms with van der Waals surface area (Å²) in [4.78, 5) is 87.6. The molecule has 0 saturated heterocycles. The Kier molecular flexibility index (Phi) is 40.4.